The molecule has 0 aliphatic carbocycles. The molecule has 19 heteroatoms. The molecule has 2 unspecified atom stereocenters. The lowest BCUT2D eigenvalue weighted by atomic mass is 10.0. The molecule has 0 fully saturated rings. The number of unbranched alkanes of at least 4 members (excludes halogenated alkanes) is 38. The largest absolute Gasteiger partial charge is 0.472 e. The van der Waals surface area contributed by atoms with Gasteiger partial charge in [-0.2, -0.15) is 0 Å². The molecule has 0 bridgehead atoms. The van der Waals surface area contributed by atoms with Crippen molar-refractivity contribution in [3.05, 3.63) is 24.3 Å². The van der Waals surface area contributed by atoms with Crippen molar-refractivity contribution in [3.8, 4) is 0 Å². The third kappa shape index (κ3) is 64.3. The van der Waals surface area contributed by atoms with Gasteiger partial charge in [-0.1, -0.05) is 290 Å². The van der Waals surface area contributed by atoms with Crippen LogP contribution in [0.1, 0.15) is 343 Å². The molecule has 0 aromatic carbocycles. The van der Waals surface area contributed by atoms with E-state index in [0.29, 0.717) is 25.7 Å². The Hall–Kier alpha value is -2.46. The second-order valence-corrected chi connectivity index (χ2v) is 28.3. The first-order chi connectivity index (χ1) is 43.5. The van der Waals surface area contributed by atoms with Crippen molar-refractivity contribution >= 4 is 39.5 Å². The maximum absolute atomic E-state index is 13.0. The summed E-state index contributed by atoms with van der Waals surface area (Å²) in [6.07, 6.45) is 54.0. The molecule has 0 aliphatic heterocycles. The second-order valence-electron chi connectivity index (χ2n) is 25.4. The first kappa shape index (κ1) is 87.5. The number of hydrogen-bond donors (Lipinski definition) is 3. The highest BCUT2D eigenvalue weighted by Gasteiger charge is 2.30. The average molecular weight is 1320 g/mol. The normalized spacial score (nSPS) is 14.2. The fraction of sp³-hybridized carbons (Fsp3) is 0.887. The summed E-state index contributed by atoms with van der Waals surface area (Å²) in [6.45, 7) is 7.13. The zero-order chi connectivity index (χ0) is 66.3. The summed E-state index contributed by atoms with van der Waals surface area (Å²) >= 11 is 0. The van der Waals surface area contributed by atoms with E-state index in [4.69, 9.17) is 37.0 Å². The van der Waals surface area contributed by atoms with Crippen molar-refractivity contribution in [2.45, 2.75) is 361 Å². The molecule has 90 heavy (non-hydrogen) atoms. The van der Waals surface area contributed by atoms with Gasteiger partial charge in [-0.15, -0.1) is 0 Å². The molecule has 0 saturated heterocycles. The molecular weight excluding hydrogens is 1190 g/mol. The van der Waals surface area contributed by atoms with Gasteiger partial charge in [0.2, 0.25) is 0 Å². The maximum Gasteiger partial charge on any atom is 0.472 e. The van der Waals surface area contributed by atoms with E-state index in [1.807, 2.05) is 0 Å². The molecule has 0 heterocycles. The topological polar surface area (TPSA) is 237 Å². The molecule has 0 aromatic heterocycles. The van der Waals surface area contributed by atoms with Gasteiger partial charge in [0.05, 0.1) is 26.4 Å². The van der Waals surface area contributed by atoms with Crippen molar-refractivity contribution in [2.75, 3.05) is 39.6 Å². The highest BCUT2D eigenvalue weighted by atomic mass is 31.2. The number of allylic oxidation sites excluding steroid dienone is 4. The molecule has 0 radical (unpaired) electrons. The van der Waals surface area contributed by atoms with Crippen LogP contribution in [-0.2, 0) is 65.4 Å². The van der Waals surface area contributed by atoms with Crippen molar-refractivity contribution in [1.82, 2.24) is 0 Å². The highest BCUT2D eigenvalue weighted by Crippen LogP contribution is 2.45. The smallest absolute Gasteiger partial charge is 0.462 e. The summed E-state index contributed by atoms with van der Waals surface area (Å²) in [5, 5.41) is 10.5. The average Bonchev–Trinajstić information content (AvgIpc) is 3.66. The first-order valence-corrected chi connectivity index (χ1v) is 39.4. The summed E-state index contributed by atoms with van der Waals surface area (Å²) in [5.41, 5.74) is 0. The van der Waals surface area contributed by atoms with Gasteiger partial charge >= 0.3 is 39.5 Å². The van der Waals surface area contributed by atoms with Crippen LogP contribution in [0.4, 0.5) is 0 Å². The number of carbonyl (C=O) groups excluding carboxylic acids is 4. The van der Waals surface area contributed by atoms with Crippen molar-refractivity contribution in [3.63, 3.8) is 0 Å². The van der Waals surface area contributed by atoms with Gasteiger partial charge in [-0.05, 0) is 57.3 Å². The summed E-state index contributed by atoms with van der Waals surface area (Å²) in [4.78, 5) is 72.2. The molecule has 0 aromatic rings. The monoisotopic (exact) mass is 1320 g/mol. The van der Waals surface area contributed by atoms with Crippen molar-refractivity contribution < 1.29 is 80.2 Å². The number of aliphatic hydroxyl groups excluding tert-OH is 1. The Morgan fingerprint density at radius 2 is 0.600 bits per heavy atom. The molecule has 0 rings (SSSR count). The first-order valence-electron chi connectivity index (χ1n) is 36.5. The Balaban J connectivity index is 5.15. The number of aliphatic hydroxyl groups is 1. The van der Waals surface area contributed by atoms with Crippen LogP contribution in [0.15, 0.2) is 24.3 Å². The van der Waals surface area contributed by atoms with Crippen molar-refractivity contribution in [2.24, 2.45) is 5.92 Å². The maximum atomic E-state index is 13.0. The molecular formula is C71H134O17P2. The molecule has 0 amide bonds. The number of rotatable bonds is 69. The summed E-state index contributed by atoms with van der Waals surface area (Å²) in [6, 6.07) is 0. The quantitative estimate of drug-likeness (QED) is 0.0169. The Morgan fingerprint density at radius 3 is 0.911 bits per heavy atom. The van der Waals surface area contributed by atoms with E-state index in [-0.39, 0.29) is 25.7 Å². The Bertz CT molecular complexity index is 1830. The van der Waals surface area contributed by atoms with Gasteiger partial charge in [0.1, 0.15) is 19.3 Å². The van der Waals surface area contributed by atoms with Crippen LogP contribution in [0, 0.1) is 5.92 Å². The zero-order valence-electron chi connectivity index (χ0n) is 57.8. The van der Waals surface area contributed by atoms with Crippen LogP contribution in [0.3, 0.4) is 0 Å². The molecule has 3 N–H and O–H groups in total. The summed E-state index contributed by atoms with van der Waals surface area (Å²) in [5.74, 6) is -1.34. The molecule has 530 valence electrons. The number of ether oxygens (including phenoxy) is 4. The molecule has 0 saturated carbocycles. The van der Waals surface area contributed by atoms with E-state index in [1.165, 1.54) is 122 Å². The highest BCUT2D eigenvalue weighted by molar-refractivity contribution is 7.47. The molecule has 0 spiro atoms. The van der Waals surface area contributed by atoms with Crippen LogP contribution in [0.5, 0.6) is 0 Å². The van der Waals surface area contributed by atoms with Gasteiger partial charge in [0.15, 0.2) is 12.2 Å². The summed E-state index contributed by atoms with van der Waals surface area (Å²) < 4.78 is 68.0. The van der Waals surface area contributed by atoms with E-state index in [2.05, 4.69) is 58.9 Å². The van der Waals surface area contributed by atoms with E-state index < -0.39 is 97.5 Å². The van der Waals surface area contributed by atoms with Gasteiger partial charge in [-0.25, -0.2) is 9.13 Å². The van der Waals surface area contributed by atoms with E-state index >= 15 is 0 Å². The van der Waals surface area contributed by atoms with Crippen molar-refractivity contribution in [1.29, 1.82) is 0 Å². The number of phosphoric acid groups is 2. The molecule has 0 aliphatic rings. The minimum atomic E-state index is -4.96. The predicted molar refractivity (Wildman–Crippen MR) is 363 cm³/mol. The minimum Gasteiger partial charge on any atom is -0.462 e. The number of esters is 4. The Labute approximate surface area is 548 Å². The minimum absolute atomic E-state index is 0.101. The van der Waals surface area contributed by atoms with Gasteiger partial charge < -0.3 is 33.8 Å². The van der Waals surface area contributed by atoms with Gasteiger partial charge in [0.25, 0.3) is 0 Å². The van der Waals surface area contributed by atoms with Crippen LogP contribution in [-0.4, -0.2) is 96.7 Å². The predicted octanol–water partition coefficient (Wildman–Crippen LogP) is 20.1. The van der Waals surface area contributed by atoms with Crippen LogP contribution in [0.25, 0.3) is 0 Å². The third-order valence-electron chi connectivity index (χ3n) is 15.9. The number of hydrogen-bond acceptors (Lipinski definition) is 15. The second kappa shape index (κ2) is 63.9. The van der Waals surface area contributed by atoms with Crippen LogP contribution < -0.4 is 0 Å². The third-order valence-corrected chi connectivity index (χ3v) is 17.8. The fourth-order valence-electron chi connectivity index (χ4n) is 10.3. The Kier molecular flexibility index (Phi) is 62.2. The van der Waals surface area contributed by atoms with Gasteiger partial charge in [-0.3, -0.25) is 37.3 Å². The van der Waals surface area contributed by atoms with Crippen LogP contribution in [0.2, 0.25) is 0 Å². The van der Waals surface area contributed by atoms with E-state index in [0.717, 1.165) is 141 Å². The molecule has 17 nitrogen and oxygen atoms in total. The van der Waals surface area contributed by atoms with Crippen LogP contribution >= 0.6 is 15.6 Å². The number of carbonyl (C=O) groups is 4. The summed E-state index contributed by atoms with van der Waals surface area (Å²) in [7, 11) is -9.90. The standard InChI is InChI=1S/C71H134O17P2/c1-6-9-12-15-18-19-20-21-26-30-33-36-41-45-50-55-69(74)82-61-67(88-71(76)57-52-47-42-37-34-31-28-25-23-22-24-27-29-32-35-40-43-48-53-64(4)5)63-86-90(79,80)84-59-65(72)58-83-89(77,78)85-62-66(87-70(75)56-51-46-39-17-14-11-8-3)60-81-68(73)54-49-44-38-16-13-10-7-2/h19-21,26,64-67,72H,6-18,22-25,27-63H2,1-5H3,(H,77,78)(H,79,80)/b20-19-,26-21-/t65-,66+,67+/m0/s1. The Morgan fingerprint density at radius 1 is 0.344 bits per heavy atom. The molecule has 5 atom stereocenters. The lowest BCUT2D eigenvalue weighted by Gasteiger charge is -2.21. The SMILES string of the molecule is CCCCCC/C=C\C=C/CCCCCCCC(=O)OC[C@H](COP(=O)(O)OC[C@@H](O)COP(=O)(O)OC[C@@H](COC(=O)CCCCCCCCC)OC(=O)CCCCCCCCC)OC(=O)CCCCCCCCCCCCCCCCCCCCC(C)C. The van der Waals surface area contributed by atoms with Gasteiger partial charge in [0, 0.05) is 25.7 Å². The lowest BCUT2D eigenvalue weighted by Crippen LogP contribution is -2.30. The number of phosphoric ester groups is 2. The van der Waals surface area contributed by atoms with E-state index in [9.17, 15) is 43.2 Å². The lowest BCUT2D eigenvalue weighted by molar-refractivity contribution is -0.161. The zero-order valence-corrected chi connectivity index (χ0v) is 59.5. The van der Waals surface area contributed by atoms with E-state index in [1.54, 1.807) is 0 Å². The fourth-order valence-corrected chi connectivity index (χ4v) is 11.9.